The van der Waals surface area contributed by atoms with Crippen LogP contribution in [0.1, 0.15) is 83.9 Å². The molecule has 3 aromatic rings. The Balaban J connectivity index is 1.61. The van der Waals surface area contributed by atoms with Crippen LogP contribution in [0.4, 0.5) is 0 Å². The van der Waals surface area contributed by atoms with Crippen molar-refractivity contribution in [1.29, 1.82) is 0 Å². The zero-order valence-corrected chi connectivity index (χ0v) is 23.5. The minimum Gasteiger partial charge on any atom is -0.399 e. The molecule has 0 aromatic heterocycles. The lowest BCUT2D eigenvalue weighted by atomic mass is 9.49. The van der Waals surface area contributed by atoms with Crippen molar-refractivity contribution in [2.24, 2.45) is 16.7 Å². The number of hydrogen-bond acceptors (Lipinski definition) is 2. The van der Waals surface area contributed by atoms with Crippen LogP contribution in [0.2, 0.25) is 0 Å². The molecule has 3 heteroatoms. The van der Waals surface area contributed by atoms with E-state index in [9.17, 15) is 0 Å². The highest BCUT2D eigenvalue weighted by Crippen LogP contribution is 2.79. The van der Waals surface area contributed by atoms with Crippen LogP contribution in [0.25, 0.3) is 0 Å². The molecule has 6 rings (SSSR count). The molecule has 2 aliphatic carbocycles. The van der Waals surface area contributed by atoms with Crippen LogP contribution in [0.3, 0.4) is 0 Å². The summed E-state index contributed by atoms with van der Waals surface area (Å²) in [5, 5.41) is 0. The van der Waals surface area contributed by atoms with E-state index < -0.39 is 0 Å². The first-order valence-corrected chi connectivity index (χ1v) is 14.0. The van der Waals surface area contributed by atoms with Gasteiger partial charge in [-0.05, 0) is 79.4 Å². The lowest BCUT2D eigenvalue weighted by Gasteiger charge is -2.53. The standard InChI is InChI=1S/C34H41BO2/c1-30(2)28-21-22-33(30,7)34(25-17-12-9-13-18-25,29(28)24-15-10-8-11-16-24)26-19-14-20-27(23-26)35-36-31(3,4)32(5,6)37-35/h8-20,23,28-29H,21-22H2,1-7H3. The van der Waals surface area contributed by atoms with Crippen LogP contribution in [-0.4, -0.2) is 18.3 Å². The van der Waals surface area contributed by atoms with Crippen LogP contribution in [0, 0.1) is 16.7 Å². The topological polar surface area (TPSA) is 18.5 Å². The van der Waals surface area contributed by atoms with Gasteiger partial charge in [-0.15, -0.1) is 0 Å². The average molecular weight is 493 g/mol. The van der Waals surface area contributed by atoms with Gasteiger partial charge < -0.3 is 9.31 Å². The van der Waals surface area contributed by atoms with Gasteiger partial charge in [-0.1, -0.05) is 106 Å². The van der Waals surface area contributed by atoms with Crippen LogP contribution in [-0.2, 0) is 14.7 Å². The smallest absolute Gasteiger partial charge is 0.399 e. The van der Waals surface area contributed by atoms with Gasteiger partial charge in [-0.25, -0.2) is 0 Å². The van der Waals surface area contributed by atoms with E-state index in [4.69, 9.17) is 9.31 Å². The number of rotatable bonds is 4. The summed E-state index contributed by atoms with van der Waals surface area (Å²) in [4.78, 5) is 0. The van der Waals surface area contributed by atoms with E-state index in [1.807, 2.05) is 0 Å². The predicted octanol–water partition coefficient (Wildman–Crippen LogP) is 7.51. The Morgan fingerprint density at radius 2 is 1.24 bits per heavy atom. The van der Waals surface area contributed by atoms with E-state index in [2.05, 4.69) is 133 Å². The second-order valence-corrected chi connectivity index (χ2v) is 13.5. The minimum absolute atomic E-state index is 0.0844. The molecule has 1 heterocycles. The van der Waals surface area contributed by atoms with Crippen molar-refractivity contribution in [3.05, 3.63) is 102 Å². The summed E-state index contributed by atoms with van der Waals surface area (Å²) in [6, 6.07) is 31.8. The van der Waals surface area contributed by atoms with Crippen molar-refractivity contribution < 1.29 is 9.31 Å². The summed E-state index contributed by atoms with van der Waals surface area (Å²) >= 11 is 0. The Morgan fingerprint density at radius 1 is 0.676 bits per heavy atom. The number of hydrogen-bond donors (Lipinski definition) is 0. The van der Waals surface area contributed by atoms with Crippen molar-refractivity contribution in [2.75, 3.05) is 0 Å². The molecule has 0 spiro atoms. The van der Waals surface area contributed by atoms with Crippen molar-refractivity contribution in [1.82, 2.24) is 0 Å². The van der Waals surface area contributed by atoms with Gasteiger partial charge in [-0.2, -0.15) is 0 Å². The van der Waals surface area contributed by atoms with Gasteiger partial charge in [0.2, 0.25) is 0 Å². The van der Waals surface area contributed by atoms with Gasteiger partial charge in [0.1, 0.15) is 0 Å². The molecule has 4 atom stereocenters. The highest BCUT2D eigenvalue weighted by molar-refractivity contribution is 6.62. The third-order valence-corrected chi connectivity index (χ3v) is 11.3. The lowest BCUT2D eigenvalue weighted by molar-refractivity contribution is 0.00578. The van der Waals surface area contributed by atoms with Crippen molar-refractivity contribution >= 4 is 12.6 Å². The Labute approximate surface area is 223 Å². The van der Waals surface area contributed by atoms with Crippen molar-refractivity contribution in [3.8, 4) is 0 Å². The zero-order valence-electron chi connectivity index (χ0n) is 23.5. The molecule has 2 bridgehead atoms. The maximum Gasteiger partial charge on any atom is 0.494 e. The fourth-order valence-electron chi connectivity index (χ4n) is 8.39. The maximum absolute atomic E-state index is 6.52. The van der Waals surface area contributed by atoms with Crippen molar-refractivity contribution in [2.45, 2.75) is 83.8 Å². The third-order valence-electron chi connectivity index (χ3n) is 11.3. The highest BCUT2D eigenvalue weighted by atomic mass is 16.7. The quantitative estimate of drug-likeness (QED) is 0.351. The summed E-state index contributed by atoms with van der Waals surface area (Å²) < 4.78 is 13.0. The second kappa shape index (κ2) is 8.07. The normalized spacial score (nSPS) is 33.1. The predicted molar refractivity (Wildman–Crippen MR) is 153 cm³/mol. The first kappa shape index (κ1) is 25.0. The van der Waals surface area contributed by atoms with Crippen molar-refractivity contribution in [3.63, 3.8) is 0 Å². The van der Waals surface area contributed by atoms with Crippen LogP contribution in [0.5, 0.6) is 0 Å². The molecule has 1 saturated heterocycles. The largest absolute Gasteiger partial charge is 0.494 e. The van der Waals surface area contributed by atoms with Gasteiger partial charge in [0.15, 0.2) is 0 Å². The van der Waals surface area contributed by atoms with Gasteiger partial charge >= 0.3 is 7.12 Å². The van der Waals surface area contributed by atoms with E-state index in [1.165, 1.54) is 29.5 Å². The highest BCUT2D eigenvalue weighted by Gasteiger charge is 2.74. The summed E-state index contributed by atoms with van der Waals surface area (Å²) in [6.45, 7) is 16.2. The zero-order chi connectivity index (χ0) is 26.3. The Bertz CT molecular complexity index is 1280. The Kier molecular flexibility index (Phi) is 5.44. The molecule has 0 radical (unpaired) electrons. The summed E-state index contributed by atoms with van der Waals surface area (Å²) in [6.07, 6.45) is 2.50. The fraction of sp³-hybridized carbons (Fsp3) is 0.471. The molecule has 2 saturated carbocycles. The molecule has 1 aliphatic heterocycles. The molecule has 3 aliphatic rings. The first-order chi connectivity index (χ1) is 17.5. The molecule has 3 aromatic carbocycles. The van der Waals surface area contributed by atoms with Crippen LogP contribution < -0.4 is 5.46 Å². The molecule has 3 fully saturated rings. The van der Waals surface area contributed by atoms with Gasteiger partial charge in [0, 0.05) is 11.3 Å². The number of benzene rings is 3. The van der Waals surface area contributed by atoms with Gasteiger partial charge in [0.25, 0.3) is 0 Å². The molecule has 2 nitrogen and oxygen atoms in total. The van der Waals surface area contributed by atoms with E-state index >= 15 is 0 Å². The third kappa shape index (κ3) is 3.20. The molecule has 0 amide bonds. The molecule has 0 N–H and O–H groups in total. The number of fused-ring (bicyclic) bond motifs is 2. The minimum atomic E-state index is -0.368. The van der Waals surface area contributed by atoms with Gasteiger partial charge in [-0.3, -0.25) is 0 Å². The molecular formula is C34H41BO2. The summed E-state index contributed by atoms with van der Waals surface area (Å²) in [5.74, 6) is 0.985. The van der Waals surface area contributed by atoms with Crippen LogP contribution in [0.15, 0.2) is 84.9 Å². The molecule has 37 heavy (non-hydrogen) atoms. The average Bonchev–Trinajstić information content (AvgIpc) is 3.32. The van der Waals surface area contributed by atoms with Crippen LogP contribution >= 0.6 is 0 Å². The van der Waals surface area contributed by atoms with Gasteiger partial charge in [0.05, 0.1) is 11.2 Å². The Morgan fingerprint density at radius 3 is 1.86 bits per heavy atom. The second-order valence-electron chi connectivity index (χ2n) is 13.5. The lowest BCUT2D eigenvalue weighted by Crippen LogP contribution is -2.49. The Hall–Kier alpha value is -2.36. The summed E-state index contributed by atoms with van der Waals surface area (Å²) in [5.41, 5.74) is 4.75. The SMILES string of the molecule is CC1(C)OB(c2cccc(C3(c4ccccc4)C(c4ccccc4)C4CCC3(C)C4(C)C)c2)OC1(C)C. The summed E-state index contributed by atoms with van der Waals surface area (Å²) in [7, 11) is -0.368. The first-order valence-electron chi connectivity index (χ1n) is 14.0. The maximum atomic E-state index is 6.52. The van der Waals surface area contributed by atoms with E-state index in [0.717, 1.165) is 5.46 Å². The van der Waals surface area contributed by atoms with E-state index in [-0.39, 0.29) is 34.6 Å². The van der Waals surface area contributed by atoms with E-state index in [1.54, 1.807) is 0 Å². The fourth-order valence-corrected chi connectivity index (χ4v) is 8.39. The molecule has 192 valence electrons. The molecular weight excluding hydrogens is 451 g/mol. The van der Waals surface area contributed by atoms with E-state index in [0.29, 0.717) is 11.8 Å². The molecule has 4 unspecified atom stereocenters. The monoisotopic (exact) mass is 492 g/mol.